The number of halogens is 3. The maximum absolute atomic E-state index is 14.1. The maximum Gasteiger partial charge on any atom is 0.261 e. The molecule has 2 amide bonds. The Bertz CT molecular complexity index is 1520. The van der Waals surface area contributed by atoms with Crippen molar-refractivity contribution in [2.75, 3.05) is 6.61 Å². The molecule has 1 aliphatic rings. The molecule has 0 bridgehead atoms. The summed E-state index contributed by atoms with van der Waals surface area (Å²) in [4.78, 5) is 29.6. The first-order valence-corrected chi connectivity index (χ1v) is 15.8. The average molecular weight is 668 g/mol. The Morgan fingerprint density at radius 2 is 1.57 bits per heavy atom. The fraction of sp³-hybridized carbons (Fsp3) is 0.294. The first-order chi connectivity index (χ1) is 20.4. The lowest BCUT2D eigenvalue weighted by atomic mass is 9.94. The van der Waals surface area contributed by atoms with Crippen LogP contribution in [-0.4, -0.2) is 35.4 Å². The van der Waals surface area contributed by atoms with Crippen LogP contribution in [0.4, 0.5) is 0 Å². The van der Waals surface area contributed by atoms with Gasteiger partial charge in [0, 0.05) is 34.6 Å². The van der Waals surface area contributed by atoms with Crippen LogP contribution in [0.15, 0.2) is 89.4 Å². The number of hydrogen-bond acceptors (Lipinski definition) is 3. The summed E-state index contributed by atoms with van der Waals surface area (Å²) in [7, 11) is 0. The van der Waals surface area contributed by atoms with Gasteiger partial charge < -0.3 is 15.0 Å². The molecule has 0 spiro atoms. The molecule has 1 N–H and O–H groups in total. The van der Waals surface area contributed by atoms with Crippen LogP contribution in [-0.2, 0) is 22.6 Å². The van der Waals surface area contributed by atoms with E-state index in [1.165, 1.54) is 6.42 Å². The topological polar surface area (TPSA) is 58.6 Å². The number of carbonyl (C=O) groups is 2. The lowest BCUT2D eigenvalue weighted by Gasteiger charge is -2.33. The standard InChI is InChI=1S/C34H33BrCl2N2O3/c35-33-26-15-8-7-12-24(26)18-19-31(33)42-22-32(40)39(21-27-28(36)16-9-17-29(27)37)30(20-23-10-3-1-4-11-23)34(41)38-25-13-5-2-6-14-25/h1,3-4,7-12,15-19,25,30H,2,5-6,13-14,20-22H2,(H,38,41)/t30-/m0/s1. The molecule has 0 radical (unpaired) electrons. The van der Waals surface area contributed by atoms with Gasteiger partial charge in [0.1, 0.15) is 11.8 Å². The number of fused-ring (bicyclic) bond motifs is 1. The molecule has 1 aliphatic carbocycles. The second-order valence-electron chi connectivity index (χ2n) is 10.7. The van der Waals surface area contributed by atoms with Gasteiger partial charge in [-0.1, -0.05) is 109 Å². The fourth-order valence-corrected chi connectivity index (χ4v) is 6.62. The Labute approximate surface area is 265 Å². The zero-order valence-electron chi connectivity index (χ0n) is 23.2. The van der Waals surface area contributed by atoms with Gasteiger partial charge in [0.25, 0.3) is 5.91 Å². The molecule has 1 atom stereocenters. The Hall–Kier alpha value is -3.06. The van der Waals surface area contributed by atoms with Crippen LogP contribution in [0.5, 0.6) is 5.75 Å². The zero-order valence-corrected chi connectivity index (χ0v) is 26.3. The summed E-state index contributed by atoms with van der Waals surface area (Å²) in [6.45, 7) is -0.198. The Kier molecular flexibility index (Phi) is 10.4. The van der Waals surface area contributed by atoms with Crippen molar-refractivity contribution in [1.82, 2.24) is 10.2 Å². The summed E-state index contributed by atoms with van der Waals surface area (Å²) in [5, 5.41) is 6.15. The van der Waals surface area contributed by atoms with Gasteiger partial charge in [0.05, 0.1) is 4.47 Å². The van der Waals surface area contributed by atoms with Crippen LogP contribution < -0.4 is 10.1 Å². The fourth-order valence-electron chi connectivity index (χ4n) is 5.50. The first-order valence-electron chi connectivity index (χ1n) is 14.3. The highest BCUT2D eigenvalue weighted by Gasteiger charge is 2.33. The summed E-state index contributed by atoms with van der Waals surface area (Å²) in [6, 6.07) is 26.0. The molecule has 1 saturated carbocycles. The van der Waals surface area contributed by atoms with Gasteiger partial charge in [-0.2, -0.15) is 0 Å². The van der Waals surface area contributed by atoms with Crippen molar-refractivity contribution in [3.8, 4) is 5.75 Å². The van der Waals surface area contributed by atoms with E-state index in [1.54, 1.807) is 23.1 Å². The van der Waals surface area contributed by atoms with Crippen LogP contribution in [0.1, 0.15) is 43.2 Å². The molecule has 0 unspecified atom stereocenters. The predicted octanol–water partition coefficient (Wildman–Crippen LogP) is 8.38. The summed E-state index contributed by atoms with van der Waals surface area (Å²) >= 11 is 16.8. The molecule has 42 heavy (non-hydrogen) atoms. The van der Waals surface area contributed by atoms with Crippen molar-refractivity contribution in [3.05, 3.63) is 111 Å². The number of hydrogen-bond donors (Lipinski definition) is 1. The van der Waals surface area contributed by atoms with E-state index in [9.17, 15) is 9.59 Å². The number of carbonyl (C=O) groups excluding carboxylic acids is 2. The molecular weight excluding hydrogens is 635 g/mol. The highest BCUT2D eigenvalue weighted by molar-refractivity contribution is 9.10. The lowest BCUT2D eigenvalue weighted by molar-refractivity contribution is -0.143. The summed E-state index contributed by atoms with van der Waals surface area (Å²) in [5.74, 6) is 0.0176. The van der Waals surface area contributed by atoms with Crippen LogP contribution in [0, 0.1) is 0 Å². The number of nitrogens with zero attached hydrogens (tertiary/aromatic N) is 1. The van der Waals surface area contributed by atoms with E-state index < -0.39 is 6.04 Å². The molecule has 0 aromatic heterocycles. The van der Waals surface area contributed by atoms with Gasteiger partial charge in [0.15, 0.2) is 6.61 Å². The van der Waals surface area contributed by atoms with E-state index in [0.29, 0.717) is 27.8 Å². The number of rotatable bonds is 10. The summed E-state index contributed by atoms with van der Waals surface area (Å²) in [6.07, 6.45) is 5.56. The molecule has 218 valence electrons. The molecule has 0 aliphatic heterocycles. The largest absolute Gasteiger partial charge is 0.483 e. The maximum atomic E-state index is 14.1. The Morgan fingerprint density at radius 3 is 2.31 bits per heavy atom. The van der Waals surface area contributed by atoms with Crippen molar-refractivity contribution in [2.24, 2.45) is 0 Å². The second kappa shape index (κ2) is 14.4. The Balaban J connectivity index is 1.46. The van der Waals surface area contributed by atoms with Crippen LogP contribution >= 0.6 is 39.1 Å². The third kappa shape index (κ3) is 7.47. The van der Waals surface area contributed by atoms with E-state index in [4.69, 9.17) is 27.9 Å². The Morgan fingerprint density at radius 1 is 0.881 bits per heavy atom. The van der Waals surface area contributed by atoms with Crippen molar-refractivity contribution in [2.45, 2.75) is 57.2 Å². The van der Waals surface area contributed by atoms with Crippen molar-refractivity contribution < 1.29 is 14.3 Å². The minimum absolute atomic E-state index is 0.0647. The van der Waals surface area contributed by atoms with Gasteiger partial charge >= 0.3 is 0 Å². The second-order valence-corrected chi connectivity index (χ2v) is 12.3. The lowest BCUT2D eigenvalue weighted by Crippen LogP contribution is -2.53. The van der Waals surface area contributed by atoms with Crippen molar-refractivity contribution in [3.63, 3.8) is 0 Å². The molecule has 5 rings (SSSR count). The molecule has 0 heterocycles. The van der Waals surface area contributed by atoms with E-state index in [2.05, 4.69) is 21.2 Å². The van der Waals surface area contributed by atoms with Gasteiger partial charge in [-0.25, -0.2) is 0 Å². The summed E-state index contributed by atoms with van der Waals surface area (Å²) in [5.41, 5.74) is 1.53. The molecule has 8 heteroatoms. The molecule has 4 aromatic rings. The zero-order chi connectivity index (χ0) is 29.5. The van der Waals surface area contributed by atoms with E-state index in [-0.39, 0.29) is 31.0 Å². The molecule has 5 nitrogen and oxygen atoms in total. The molecular formula is C34H33BrCl2N2O3. The smallest absolute Gasteiger partial charge is 0.261 e. The summed E-state index contributed by atoms with van der Waals surface area (Å²) < 4.78 is 6.85. The van der Waals surface area contributed by atoms with Crippen molar-refractivity contribution in [1.29, 1.82) is 0 Å². The third-order valence-corrected chi connectivity index (χ3v) is 9.32. The van der Waals surface area contributed by atoms with Crippen molar-refractivity contribution >= 4 is 61.7 Å². The quantitative estimate of drug-likeness (QED) is 0.185. The highest BCUT2D eigenvalue weighted by Crippen LogP contribution is 2.33. The van der Waals surface area contributed by atoms with E-state index in [1.807, 2.05) is 66.7 Å². The molecule has 0 saturated heterocycles. The third-order valence-electron chi connectivity index (χ3n) is 7.79. The highest BCUT2D eigenvalue weighted by atomic mass is 79.9. The average Bonchev–Trinajstić information content (AvgIpc) is 3.01. The number of ether oxygens (including phenoxy) is 1. The van der Waals surface area contributed by atoms with Crippen LogP contribution in [0.2, 0.25) is 10.0 Å². The van der Waals surface area contributed by atoms with Gasteiger partial charge in [0.2, 0.25) is 5.91 Å². The number of benzene rings is 4. The van der Waals surface area contributed by atoms with Gasteiger partial charge in [-0.3, -0.25) is 9.59 Å². The van der Waals surface area contributed by atoms with Gasteiger partial charge in [-0.15, -0.1) is 0 Å². The number of nitrogens with one attached hydrogen (secondary N) is 1. The van der Waals surface area contributed by atoms with Crippen LogP contribution in [0.3, 0.4) is 0 Å². The minimum Gasteiger partial charge on any atom is -0.483 e. The molecule has 1 fully saturated rings. The van der Waals surface area contributed by atoms with Crippen LogP contribution in [0.25, 0.3) is 10.8 Å². The number of amides is 2. The first kappa shape index (κ1) is 30.4. The van der Waals surface area contributed by atoms with E-state index in [0.717, 1.165) is 46.5 Å². The van der Waals surface area contributed by atoms with E-state index >= 15 is 0 Å². The normalized spacial score (nSPS) is 14.4. The monoisotopic (exact) mass is 666 g/mol. The predicted molar refractivity (Wildman–Crippen MR) is 173 cm³/mol. The van der Waals surface area contributed by atoms with Gasteiger partial charge in [-0.05, 0) is 63.3 Å². The molecule has 4 aromatic carbocycles. The minimum atomic E-state index is -0.794. The SMILES string of the molecule is O=C(NC1CCCCC1)[C@H](Cc1ccccc1)N(Cc1c(Cl)cccc1Cl)C(=O)COc1ccc2ccccc2c1Br.